The minimum Gasteiger partial charge on any atom is -0.478 e. The largest absolute Gasteiger partial charge is 0.478 e. The molecule has 0 bridgehead atoms. The molecule has 0 unspecified atom stereocenters. The molecule has 0 spiro atoms. The van der Waals surface area contributed by atoms with E-state index in [2.05, 4.69) is 4.98 Å². The van der Waals surface area contributed by atoms with Gasteiger partial charge in [-0.05, 0) is 61.9 Å². The highest BCUT2D eigenvalue weighted by Crippen LogP contribution is 2.30. The molecular formula is C26H20N2O6. The lowest BCUT2D eigenvalue weighted by Gasteiger charge is -2.06. The number of esters is 1. The first-order chi connectivity index (χ1) is 16.4. The van der Waals surface area contributed by atoms with E-state index in [4.69, 9.17) is 9.15 Å². The molecule has 0 saturated carbocycles. The Kier molecular flexibility index (Phi) is 5.33. The summed E-state index contributed by atoms with van der Waals surface area (Å²) in [7, 11) is 0. The first-order valence-corrected chi connectivity index (χ1v) is 10.8. The van der Waals surface area contributed by atoms with E-state index in [1.807, 2.05) is 18.2 Å². The number of fused-ring (bicyclic) bond motifs is 2. The zero-order chi connectivity index (χ0) is 23.8. The molecule has 2 aromatic carbocycles. The van der Waals surface area contributed by atoms with Crippen LogP contribution >= 0.6 is 0 Å². The van der Waals surface area contributed by atoms with Crippen molar-refractivity contribution in [2.75, 3.05) is 6.61 Å². The van der Waals surface area contributed by atoms with Crippen LogP contribution in [0, 0.1) is 0 Å². The second-order valence-electron chi connectivity index (χ2n) is 7.85. The van der Waals surface area contributed by atoms with Crippen molar-refractivity contribution in [1.82, 2.24) is 9.55 Å². The number of carboxylic acids is 1. The average molecular weight is 456 g/mol. The number of hydrogen-bond acceptors (Lipinski definition) is 6. The number of nitrogens with zero attached hydrogens (tertiary/aromatic N) is 2. The smallest absolute Gasteiger partial charge is 0.338 e. The highest BCUT2D eigenvalue weighted by atomic mass is 16.5. The number of ether oxygens (including phenoxy) is 1. The highest BCUT2D eigenvalue weighted by molar-refractivity contribution is 5.93. The van der Waals surface area contributed by atoms with Crippen LogP contribution in [0.1, 0.15) is 45.6 Å². The number of carbonyl (C=O) groups is 2. The van der Waals surface area contributed by atoms with Gasteiger partial charge in [0, 0.05) is 17.7 Å². The Labute approximate surface area is 193 Å². The maximum Gasteiger partial charge on any atom is 0.338 e. The monoisotopic (exact) mass is 456 g/mol. The van der Waals surface area contributed by atoms with E-state index in [-0.39, 0.29) is 17.1 Å². The molecule has 34 heavy (non-hydrogen) atoms. The molecule has 0 atom stereocenters. The van der Waals surface area contributed by atoms with Crippen molar-refractivity contribution in [1.29, 1.82) is 0 Å². The van der Waals surface area contributed by atoms with Crippen molar-refractivity contribution in [2.24, 2.45) is 0 Å². The molecule has 8 nitrogen and oxygen atoms in total. The van der Waals surface area contributed by atoms with Crippen LogP contribution in [0.5, 0.6) is 0 Å². The fourth-order valence-electron chi connectivity index (χ4n) is 4.03. The Morgan fingerprint density at radius 1 is 1.12 bits per heavy atom. The molecule has 170 valence electrons. The number of aromatic carboxylic acids is 1. The van der Waals surface area contributed by atoms with Gasteiger partial charge >= 0.3 is 11.9 Å². The Morgan fingerprint density at radius 3 is 2.62 bits per heavy atom. The molecular weight excluding hydrogens is 436 g/mol. The van der Waals surface area contributed by atoms with Crippen molar-refractivity contribution in [3.63, 3.8) is 0 Å². The number of rotatable bonds is 5. The molecule has 0 aliphatic carbocycles. The van der Waals surface area contributed by atoms with Gasteiger partial charge in [-0.15, -0.1) is 0 Å². The van der Waals surface area contributed by atoms with Crippen LogP contribution in [-0.2, 0) is 11.3 Å². The lowest BCUT2D eigenvalue weighted by Crippen LogP contribution is -2.20. The zero-order valence-electron chi connectivity index (χ0n) is 18.3. The molecule has 2 aromatic heterocycles. The van der Waals surface area contributed by atoms with Crippen molar-refractivity contribution >= 4 is 34.5 Å². The average Bonchev–Trinajstić information content (AvgIpc) is 3.47. The van der Waals surface area contributed by atoms with E-state index in [0.29, 0.717) is 53.4 Å². The Balaban J connectivity index is 1.46. The van der Waals surface area contributed by atoms with Crippen molar-refractivity contribution in [3.8, 4) is 11.3 Å². The molecule has 8 heteroatoms. The molecule has 5 rings (SSSR count). The standard InChI is InChI=1S/C26H20N2O6/c1-2-33-26(32)16-5-3-15(4-6-16)22-10-8-19(34-22)13-17-11-12-28-23(17)27-21-14-18(25(30)31)7-9-20(21)24(28)29/h3-10,13-14H,2,11-12H2,1H3,(H,30,31)/b17-13+. The van der Waals surface area contributed by atoms with E-state index in [1.165, 1.54) is 18.2 Å². The summed E-state index contributed by atoms with van der Waals surface area (Å²) in [4.78, 5) is 40.6. The number of hydrogen-bond donors (Lipinski definition) is 1. The highest BCUT2D eigenvalue weighted by Gasteiger charge is 2.22. The Bertz CT molecular complexity index is 1530. The lowest BCUT2D eigenvalue weighted by atomic mass is 10.1. The normalized spacial score (nSPS) is 13.9. The van der Waals surface area contributed by atoms with Crippen LogP contribution in [0.2, 0.25) is 0 Å². The third kappa shape index (κ3) is 3.79. The molecule has 3 heterocycles. The molecule has 4 aromatic rings. The summed E-state index contributed by atoms with van der Waals surface area (Å²) in [5, 5.41) is 9.65. The summed E-state index contributed by atoms with van der Waals surface area (Å²) in [6, 6.07) is 15.0. The summed E-state index contributed by atoms with van der Waals surface area (Å²) in [6.45, 7) is 2.57. The van der Waals surface area contributed by atoms with Crippen LogP contribution in [0.25, 0.3) is 33.9 Å². The molecule has 1 N–H and O–H groups in total. The number of allylic oxidation sites excluding steroid dienone is 1. The lowest BCUT2D eigenvalue weighted by molar-refractivity contribution is 0.0526. The number of benzene rings is 2. The van der Waals surface area contributed by atoms with E-state index < -0.39 is 5.97 Å². The predicted octanol–water partition coefficient (Wildman–Crippen LogP) is 4.48. The van der Waals surface area contributed by atoms with Gasteiger partial charge in [-0.3, -0.25) is 9.36 Å². The second kappa shape index (κ2) is 8.47. The Hall–Kier alpha value is -4.46. The number of carbonyl (C=O) groups excluding carboxylic acids is 1. The predicted molar refractivity (Wildman–Crippen MR) is 126 cm³/mol. The summed E-state index contributed by atoms with van der Waals surface area (Å²) in [5.74, 6) is 0.302. The van der Waals surface area contributed by atoms with Crippen LogP contribution < -0.4 is 5.56 Å². The van der Waals surface area contributed by atoms with E-state index in [9.17, 15) is 19.5 Å². The first-order valence-electron chi connectivity index (χ1n) is 10.8. The van der Waals surface area contributed by atoms with Crippen molar-refractivity contribution in [2.45, 2.75) is 19.9 Å². The number of carboxylic acid groups (broad SMARTS) is 1. The summed E-state index contributed by atoms with van der Waals surface area (Å²) in [6.07, 6.45) is 2.45. The van der Waals surface area contributed by atoms with Gasteiger partial charge in [0.1, 0.15) is 17.3 Å². The van der Waals surface area contributed by atoms with Crippen LogP contribution in [0.3, 0.4) is 0 Å². The van der Waals surface area contributed by atoms with Gasteiger partial charge in [0.15, 0.2) is 0 Å². The van der Waals surface area contributed by atoms with Gasteiger partial charge in [0.2, 0.25) is 0 Å². The number of furan rings is 1. The van der Waals surface area contributed by atoms with Gasteiger partial charge < -0.3 is 14.3 Å². The summed E-state index contributed by atoms with van der Waals surface area (Å²) >= 11 is 0. The van der Waals surface area contributed by atoms with Crippen LogP contribution in [-0.4, -0.2) is 33.2 Å². The van der Waals surface area contributed by atoms with Crippen LogP contribution in [0.4, 0.5) is 0 Å². The fourth-order valence-corrected chi connectivity index (χ4v) is 4.03. The molecule has 0 fully saturated rings. The molecule has 0 saturated heterocycles. The molecule has 0 amide bonds. The first kappa shape index (κ1) is 21.4. The SMILES string of the molecule is CCOC(=O)c1ccc(-c2ccc(/C=C3\CCn4c3nc3cc(C(=O)O)ccc3c4=O)o2)cc1. The van der Waals surface area contributed by atoms with Gasteiger partial charge in [-0.2, -0.15) is 0 Å². The minimum atomic E-state index is -1.07. The quantitative estimate of drug-likeness (QED) is 0.441. The van der Waals surface area contributed by atoms with Gasteiger partial charge in [-0.25, -0.2) is 14.6 Å². The van der Waals surface area contributed by atoms with E-state index >= 15 is 0 Å². The molecule has 1 aliphatic heterocycles. The maximum atomic E-state index is 12.9. The van der Waals surface area contributed by atoms with Crippen LogP contribution in [0.15, 0.2) is 63.8 Å². The number of aromatic nitrogens is 2. The Morgan fingerprint density at radius 2 is 1.88 bits per heavy atom. The zero-order valence-corrected chi connectivity index (χ0v) is 18.3. The van der Waals surface area contributed by atoms with E-state index in [0.717, 1.165) is 11.1 Å². The molecule has 0 radical (unpaired) electrons. The summed E-state index contributed by atoms with van der Waals surface area (Å²) < 4.78 is 12.6. The fraction of sp³-hybridized carbons (Fsp3) is 0.154. The van der Waals surface area contributed by atoms with Gasteiger partial charge in [-0.1, -0.05) is 12.1 Å². The van der Waals surface area contributed by atoms with Gasteiger partial charge in [0.05, 0.1) is 28.6 Å². The molecule has 1 aliphatic rings. The maximum absolute atomic E-state index is 12.9. The van der Waals surface area contributed by atoms with Crippen molar-refractivity contribution in [3.05, 3.63) is 87.7 Å². The topological polar surface area (TPSA) is 112 Å². The van der Waals surface area contributed by atoms with Gasteiger partial charge in [0.25, 0.3) is 5.56 Å². The minimum absolute atomic E-state index is 0.0810. The third-order valence-corrected chi connectivity index (χ3v) is 5.72. The third-order valence-electron chi connectivity index (χ3n) is 5.72. The summed E-state index contributed by atoms with van der Waals surface area (Å²) in [5.41, 5.74) is 2.35. The van der Waals surface area contributed by atoms with E-state index in [1.54, 1.807) is 35.8 Å². The van der Waals surface area contributed by atoms with Crippen molar-refractivity contribution < 1.29 is 23.8 Å². The second-order valence-corrected chi connectivity index (χ2v) is 7.85.